The van der Waals surface area contributed by atoms with Gasteiger partial charge in [0.05, 0.1) is 19.0 Å². The largest absolute Gasteiger partial charge is 0.353 e. The highest BCUT2D eigenvalue weighted by molar-refractivity contribution is 5.88. The molecule has 26 heavy (non-hydrogen) atoms. The molecular weight excluding hydrogens is 336 g/mol. The SMILES string of the molecule is CC(C)N1CCNC(=O)[C@H]1CC(=O)NCc1nc(-c2cccnc2)no1. The number of rotatable bonds is 6. The Kier molecular flexibility index (Phi) is 5.57. The molecule has 2 N–H and O–H groups in total. The molecule has 0 spiro atoms. The summed E-state index contributed by atoms with van der Waals surface area (Å²) in [6.07, 6.45) is 3.38. The van der Waals surface area contributed by atoms with Gasteiger partial charge in [0.15, 0.2) is 0 Å². The summed E-state index contributed by atoms with van der Waals surface area (Å²) in [7, 11) is 0. The smallest absolute Gasteiger partial charge is 0.246 e. The first-order chi connectivity index (χ1) is 12.5. The Labute approximate surface area is 151 Å². The molecular formula is C17H22N6O3. The van der Waals surface area contributed by atoms with Crippen molar-refractivity contribution in [1.82, 2.24) is 30.7 Å². The van der Waals surface area contributed by atoms with Crippen molar-refractivity contribution in [3.8, 4) is 11.4 Å². The van der Waals surface area contributed by atoms with Crippen LogP contribution in [-0.4, -0.2) is 57.0 Å². The molecule has 1 atom stereocenters. The van der Waals surface area contributed by atoms with Gasteiger partial charge < -0.3 is 15.2 Å². The van der Waals surface area contributed by atoms with E-state index in [2.05, 4.69) is 25.8 Å². The van der Waals surface area contributed by atoms with Crippen LogP contribution in [0, 0.1) is 0 Å². The van der Waals surface area contributed by atoms with Crippen LogP contribution in [-0.2, 0) is 16.1 Å². The first-order valence-corrected chi connectivity index (χ1v) is 8.57. The topological polar surface area (TPSA) is 113 Å². The van der Waals surface area contributed by atoms with Crippen LogP contribution in [0.2, 0.25) is 0 Å². The summed E-state index contributed by atoms with van der Waals surface area (Å²) in [5, 5.41) is 9.42. The van der Waals surface area contributed by atoms with Gasteiger partial charge >= 0.3 is 0 Å². The van der Waals surface area contributed by atoms with Crippen LogP contribution in [0.4, 0.5) is 0 Å². The third-order valence-electron chi connectivity index (χ3n) is 4.24. The van der Waals surface area contributed by atoms with E-state index in [0.717, 1.165) is 12.1 Å². The zero-order chi connectivity index (χ0) is 18.5. The van der Waals surface area contributed by atoms with E-state index >= 15 is 0 Å². The number of pyridine rings is 1. The Morgan fingerprint density at radius 2 is 2.35 bits per heavy atom. The molecule has 9 heteroatoms. The lowest BCUT2D eigenvalue weighted by molar-refractivity contribution is -0.134. The standard InChI is InChI=1S/C17H22N6O3/c1-11(2)23-7-6-19-17(25)13(23)8-14(24)20-10-15-21-16(22-26-15)12-4-3-5-18-9-12/h3-5,9,11,13H,6-8,10H2,1-2H3,(H,19,25)(H,20,24)/t13-/m1/s1. The molecule has 0 aliphatic carbocycles. The number of nitrogens with one attached hydrogen (secondary N) is 2. The van der Waals surface area contributed by atoms with Crippen LogP contribution in [0.25, 0.3) is 11.4 Å². The van der Waals surface area contributed by atoms with Crippen molar-refractivity contribution >= 4 is 11.8 Å². The molecule has 0 aromatic carbocycles. The maximum Gasteiger partial charge on any atom is 0.246 e. The van der Waals surface area contributed by atoms with Crippen LogP contribution in [0.15, 0.2) is 29.0 Å². The van der Waals surface area contributed by atoms with Gasteiger partial charge in [-0.2, -0.15) is 4.98 Å². The van der Waals surface area contributed by atoms with Crippen LogP contribution >= 0.6 is 0 Å². The molecule has 1 saturated heterocycles. The van der Waals surface area contributed by atoms with E-state index in [1.54, 1.807) is 18.5 Å². The third kappa shape index (κ3) is 4.23. The monoisotopic (exact) mass is 358 g/mol. The maximum absolute atomic E-state index is 12.3. The van der Waals surface area contributed by atoms with Crippen molar-refractivity contribution in [3.63, 3.8) is 0 Å². The lowest BCUT2D eigenvalue weighted by atomic mass is 10.1. The number of hydrogen-bond acceptors (Lipinski definition) is 7. The Bertz CT molecular complexity index is 761. The molecule has 2 aromatic rings. The summed E-state index contributed by atoms with van der Waals surface area (Å²) < 4.78 is 5.15. The van der Waals surface area contributed by atoms with Gasteiger partial charge in [0.1, 0.15) is 0 Å². The maximum atomic E-state index is 12.3. The molecule has 138 valence electrons. The van der Waals surface area contributed by atoms with Gasteiger partial charge in [-0.15, -0.1) is 0 Å². The molecule has 9 nitrogen and oxygen atoms in total. The van der Waals surface area contributed by atoms with E-state index in [-0.39, 0.29) is 30.8 Å². The van der Waals surface area contributed by atoms with Gasteiger partial charge in [-0.25, -0.2) is 0 Å². The van der Waals surface area contributed by atoms with Crippen LogP contribution in [0.3, 0.4) is 0 Å². The molecule has 0 bridgehead atoms. The Morgan fingerprint density at radius 3 is 3.08 bits per heavy atom. The molecule has 2 amide bonds. The highest BCUT2D eigenvalue weighted by atomic mass is 16.5. The molecule has 1 fully saturated rings. The molecule has 1 aliphatic rings. The van der Waals surface area contributed by atoms with Gasteiger partial charge in [-0.1, -0.05) is 5.16 Å². The minimum absolute atomic E-state index is 0.0909. The highest BCUT2D eigenvalue weighted by Gasteiger charge is 2.32. The molecule has 1 aliphatic heterocycles. The molecule has 0 unspecified atom stereocenters. The second kappa shape index (κ2) is 8.05. The van der Waals surface area contributed by atoms with Crippen molar-refractivity contribution in [1.29, 1.82) is 0 Å². The Balaban J connectivity index is 1.55. The Hall–Kier alpha value is -2.81. The molecule has 3 rings (SSSR count). The third-order valence-corrected chi connectivity index (χ3v) is 4.24. The fraction of sp³-hybridized carbons (Fsp3) is 0.471. The van der Waals surface area contributed by atoms with Crippen molar-refractivity contribution in [2.24, 2.45) is 0 Å². The van der Waals surface area contributed by atoms with E-state index in [1.165, 1.54) is 0 Å². The molecule has 0 radical (unpaired) electrons. The highest BCUT2D eigenvalue weighted by Crippen LogP contribution is 2.14. The van der Waals surface area contributed by atoms with Crippen LogP contribution in [0.5, 0.6) is 0 Å². The van der Waals surface area contributed by atoms with Gasteiger partial charge in [-0.3, -0.25) is 19.5 Å². The average Bonchev–Trinajstić information content (AvgIpc) is 3.11. The zero-order valence-corrected chi connectivity index (χ0v) is 14.8. The first kappa shape index (κ1) is 18.0. The minimum Gasteiger partial charge on any atom is -0.353 e. The predicted octanol–water partition coefficient (Wildman–Crippen LogP) is 0.347. The lowest BCUT2D eigenvalue weighted by Gasteiger charge is -2.37. The molecule has 0 saturated carbocycles. The summed E-state index contributed by atoms with van der Waals surface area (Å²) in [6.45, 7) is 5.49. The van der Waals surface area contributed by atoms with Crippen molar-refractivity contribution in [3.05, 3.63) is 30.4 Å². The van der Waals surface area contributed by atoms with Crippen molar-refractivity contribution < 1.29 is 14.1 Å². The summed E-state index contributed by atoms with van der Waals surface area (Å²) >= 11 is 0. The number of hydrogen-bond donors (Lipinski definition) is 2. The number of aromatic nitrogens is 3. The summed E-state index contributed by atoms with van der Waals surface area (Å²) in [5.74, 6) is 0.363. The van der Waals surface area contributed by atoms with Crippen LogP contribution in [0.1, 0.15) is 26.2 Å². The second-order valence-corrected chi connectivity index (χ2v) is 6.37. The van der Waals surface area contributed by atoms with Gasteiger partial charge in [0, 0.05) is 37.1 Å². The second-order valence-electron chi connectivity index (χ2n) is 6.37. The number of nitrogens with zero attached hydrogens (tertiary/aromatic N) is 4. The van der Waals surface area contributed by atoms with Crippen molar-refractivity contribution in [2.75, 3.05) is 13.1 Å². The lowest BCUT2D eigenvalue weighted by Crippen LogP contribution is -2.58. The summed E-state index contributed by atoms with van der Waals surface area (Å²) in [6, 6.07) is 3.33. The van der Waals surface area contributed by atoms with Crippen LogP contribution < -0.4 is 10.6 Å². The number of carbonyl (C=O) groups excluding carboxylic acids is 2. The zero-order valence-electron chi connectivity index (χ0n) is 14.8. The number of carbonyl (C=O) groups is 2. The van der Waals surface area contributed by atoms with Gasteiger partial charge in [-0.05, 0) is 26.0 Å². The fourth-order valence-corrected chi connectivity index (χ4v) is 2.92. The molecule has 3 heterocycles. The van der Waals surface area contributed by atoms with E-state index in [1.807, 2.05) is 24.8 Å². The van der Waals surface area contributed by atoms with Gasteiger partial charge in [0.25, 0.3) is 0 Å². The fourth-order valence-electron chi connectivity index (χ4n) is 2.92. The van der Waals surface area contributed by atoms with E-state index in [9.17, 15) is 9.59 Å². The minimum atomic E-state index is -0.461. The number of amides is 2. The average molecular weight is 358 g/mol. The first-order valence-electron chi connectivity index (χ1n) is 8.57. The normalized spacial score (nSPS) is 18.0. The van der Waals surface area contributed by atoms with E-state index < -0.39 is 6.04 Å². The quantitative estimate of drug-likeness (QED) is 0.766. The number of piperazine rings is 1. The Morgan fingerprint density at radius 1 is 1.50 bits per heavy atom. The summed E-state index contributed by atoms with van der Waals surface area (Å²) in [4.78, 5) is 34.6. The van der Waals surface area contributed by atoms with E-state index in [4.69, 9.17) is 4.52 Å². The van der Waals surface area contributed by atoms with Gasteiger partial charge in [0.2, 0.25) is 23.5 Å². The molecule has 2 aromatic heterocycles. The van der Waals surface area contributed by atoms with Crippen molar-refractivity contribution in [2.45, 2.75) is 38.9 Å². The predicted molar refractivity (Wildman–Crippen MR) is 92.6 cm³/mol. The van der Waals surface area contributed by atoms with E-state index in [0.29, 0.717) is 18.3 Å². The summed E-state index contributed by atoms with van der Waals surface area (Å²) in [5.41, 5.74) is 0.736.